The molecule has 0 aliphatic rings. The molecule has 16 heavy (non-hydrogen) atoms. The smallest absolute Gasteiger partial charge is 0.144 e. The summed E-state index contributed by atoms with van der Waals surface area (Å²) in [5, 5.41) is 8.79. The fourth-order valence-corrected chi connectivity index (χ4v) is 1.20. The van der Waals surface area contributed by atoms with Gasteiger partial charge < -0.3 is 4.74 Å². The van der Waals surface area contributed by atoms with E-state index >= 15 is 0 Å². The summed E-state index contributed by atoms with van der Waals surface area (Å²) in [4.78, 5) is 0. The summed E-state index contributed by atoms with van der Waals surface area (Å²) >= 11 is 0. The second-order valence-electron chi connectivity index (χ2n) is 4.88. The van der Waals surface area contributed by atoms with Crippen molar-refractivity contribution in [3.63, 3.8) is 0 Å². The van der Waals surface area contributed by atoms with E-state index in [4.69, 9.17) is 10.00 Å². The van der Waals surface area contributed by atoms with Gasteiger partial charge >= 0.3 is 0 Å². The maximum absolute atomic E-state index is 13.2. The van der Waals surface area contributed by atoms with Gasteiger partial charge in [0.05, 0.1) is 6.61 Å². The van der Waals surface area contributed by atoms with Crippen LogP contribution < -0.4 is 4.74 Å². The molecule has 86 valence electrons. The molecule has 0 amide bonds. The van der Waals surface area contributed by atoms with E-state index < -0.39 is 5.82 Å². The highest BCUT2D eigenvalue weighted by molar-refractivity contribution is 5.43. The van der Waals surface area contributed by atoms with Crippen LogP contribution in [0, 0.1) is 22.6 Å². The van der Waals surface area contributed by atoms with Gasteiger partial charge in [0, 0.05) is 0 Å². The second kappa shape index (κ2) is 4.98. The molecule has 0 unspecified atom stereocenters. The molecule has 2 nitrogen and oxygen atoms in total. The van der Waals surface area contributed by atoms with Gasteiger partial charge in [-0.15, -0.1) is 0 Å². The van der Waals surface area contributed by atoms with E-state index in [1.54, 1.807) is 12.1 Å². The van der Waals surface area contributed by atoms with Crippen molar-refractivity contribution in [1.29, 1.82) is 5.26 Å². The van der Waals surface area contributed by atoms with Gasteiger partial charge in [0.2, 0.25) is 0 Å². The van der Waals surface area contributed by atoms with Crippen molar-refractivity contribution in [3.8, 4) is 11.8 Å². The van der Waals surface area contributed by atoms with Gasteiger partial charge in [0.1, 0.15) is 23.2 Å². The van der Waals surface area contributed by atoms with E-state index in [0.29, 0.717) is 12.4 Å². The van der Waals surface area contributed by atoms with Crippen molar-refractivity contribution in [1.82, 2.24) is 0 Å². The first-order valence-corrected chi connectivity index (χ1v) is 5.25. The monoisotopic (exact) mass is 221 g/mol. The summed E-state index contributed by atoms with van der Waals surface area (Å²) < 4.78 is 18.6. The van der Waals surface area contributed by atoms with Crippen LogP contribution in [0.3, 0.4) is 0 Å². The molecule has 0 aliphatic heterocycles. The van der Waals surface area contributed by atoms with Gasteiger partial charge in [-0.2, -0.15) is 5.26 Å². The number of rotatable bonds is 3. The predicted molar refractivity (Wildman–Crippen MR) is 60.7 cm³/mol. The van der Waals surface area contributed by atoms with Gasteiger partial charge in [-0.3, -0.25) is 0 Å². The molecule has 0 aliphatic carbocycles. The molecule has 0 bridgehead atoms. The third-order valence-corrected chi connectivity index (χ3v) is 2.20. The lowest BCUT2D eigenvalue weighted by molar-refractivity contribution is 0.242. The number of halogens is 1. The van der Waals surface area contributed by atoms with Gasteiger partial charge in [0.15, 0.2) is 0 Å². The average Bonchev–Trinajstić information content (AvgIpc) is 2.16. The normalized spacial score (nSPS) is 10.9. The second-order valence-corrected chi connectivity index (χ2v) is 4.88. The number of hydrogen-bond acceptors (Lipinski definition) is 2. The number of benzene rings is 1. The molecule has 0 saturated heterocycles. The van der Waals surface area contributed by atoms with Crippen LogP contribution in [0.1, 0.15) is 32.8 Å². The first-order valence-electron chi connectivity index (χ1n) is 5.25. The van der Waals surface area contributed by atoms with Gasteiger partial charge in [0.25, 0.3) is 0 Å². The van der Waals surface area contributed by atoms with Crippen molar-refractivity contribution in [2.75, 3.05) is 6.61 Å². The molecular formula is C13H16FNO. The van der Waals surface area contributed by atoms with E-state index in [1.165, 1.54) is 6.07 Å². The molecule has 0 aromatic heterocycles. The number of hydrogen-bond donors (Lipinski definition) is 0. The largest absolute Gasteiger partial charge is 0.492 e. The van der Waals surface area contributed by atoms with Crippen molar-refractivity contribution in [3.05, 3.63) is 29.6 Å². The minimum Gasteiger partial charge on any atom is -0.492 e. The highest BCUT2D eigenvalue weighted by Gasteiger charge is 2.12. The van der Waals surface area contributed by atoms with Crippen molar-refractivity contribution in [2.45, 2.75) is 27.2 Å². The molecule has 0 saturated carbocycles. The Hall–Kier alpha value is -1.56. The Morgan fingerprint density at radius 1 is 1.38 bits per heavy atom. The van der Waals surface area contributed by atoms with Gasteiger partial charge in [-0.1, -0.05) is 26.8 Å². The first-order chi connectivity index (χ1) is 7.44. The fourth-order valence-electron chi connectivity index (χ4n) is 1.20. The lowest BCUT2D eigenvalue weighted by Crippen LogP contribution is -2.11. The molecule has 0 radical (unpaired) electrons. The van der Waals surface area contributed by atoms with Gasteiger partial charge in [-0.25, -0.2) is 4.39 Å². The molecule has 3 heteroatoms. The highest BCUT2D eigenvalue weighted by Crippen LogP contribution is 2.23. The molecule has 0 heterocycles. The van der Waals surface area contributed by atoms with E-state index in [1.807, 2.05) is 6.07 Å². The minimum absolute atomic E-state index is 0.0172. The summed E-state index contributed by atoms with van der Waals surface area (Å²) in [6.45, 7) is 6.80. The Bertz CT molecular complexity index is 401. The van der Waals surface area contributed by atoms with Crippen molar-refractivity contribution >= 4 is 0 Å². The van der Waals surface area contributed by atoms with E-state index in [2.05, 4.69) is 20.8 Å². The molecule has 1 rings (SSSR count). The number of ether oxygens (including phenoxy) is 1. The van der Waals surface area contributed by atoms with E-state index in [-0.39, 0.29) is 11.0 Å². The van der Waals surface area contributed by atoms with Crippen LogP contribution in [0.5, 0.6) is 5.75 Å². The number of nitriles is 1. The topological polar surface area (TPSA) is 33.0 Å². The maximum Gasteiger partial charge on any atom is 0.144 e. The molecule has 0 spiro atoms. The van der Waals surface area contributed by atoms with Crippen LogP contribution >= 0.6 is 0 Å². The third-order valence-electron chi connectivity index (χ3n) is 2.20. The van der Waals surface area contributed by atoms with Crippen LogP contribution in [-0.2, 0) is 0 Å². The SMILES string of the molecule is CC(C)(C)CCOc1cccc(F)c1C#N. The summed E-state index contributed by atoms with van der Waals surface area (Å²) in [5.41, 5.74) is 0.150. The molecule has 0 atom stereocenters. The van der Waals surface area contributed by atoms with E-state index in [0.717, 1.165) is 6.42 Å². The van der Waals surface area contributed by atoms with Crippen LogP contribution in [0.15, 0.2) is 18.2 Å². The van der Waals surface area contributed by atoms with Crippen LogP contribution in [0.25, 0.3) is 0 Å². The zero-order valence-corrected chi connectivity index (χ0v) is 9.88. The Balaban J connectivity index is 2.68. The molecule has 0 fully saturated rings. The Morgan fingerprint density at radius 3 is 2.62 bits per heavy atom. The lowest BCUT2D eigenvalue weighted by atomic mass is 9.93. The van der Waals surface area contributed by atoms with Crippen LogP contribution in [-0.4, -0.2) is 6.61 Å². The quantitative estimate of drug-likeness (QED) is 0.782. The summed E-state index contributed by atoms with van der Waals surface area (Å²) in [6.07, 6.45) is 0.856. The van der Waals surface area contributed by atoms with Crippen LogP contribution in [0.4, 0.5) is 4.39 Å². The highest BCUT2D eigenvalue weighted by atomic mass is 19.1. The maximum atomic E-state index is 13.2. The predicted octanol–water partition coefficient (Wildman–Crippen LogP) is 3.51. The summed E-state index contributed by atoms with van der Waals surface area (Å²) in [6, 6.07) is 6.23. The molecule has 1 aromatic carbocycles. The molecule has 1 aromatic rings. The average molecular weight is 221 g/mol. The Morgan fingerprint density at radius 2 is 2.06 bits per heavy atom. The first kappa shape index (κ1) is 12.5. The third kappa shape index (κ3) is 3.54. The summed E-state index contributed by atoms with van der Waals surface area (Å²) in [5.74, 6) is -0.206. The fraction of sp³-hybridized carbons (Fsp3) is 0.462. The zero-order chi connectivity index (χ0) is 12.2. The van der Waals surface area contributed by atoms with Crippen LogP contribution in [0.2, 0.25) is 0 Å². The van der Waals surface area contributed by atoms with Crippen molar-refractivity contribution in [2.24, 2.45) is 5.41 Å². The van der Waals surface area contributed by atoms with Gasteiger partial charge in [-0.05, 0) is 24.0 Å². The zero-order valence-electron chi connectivity index (χ0n) is 9.88. The lowest BCUT2D eigenvalue weighted by Gasteiger charge is -2.18. The Kier molecular flexibility index (Phi) is 3.89. The number of nitrogens with zero attached hydrogens (tertiary/aromatic N) is 1. The Labute approximate surface area is 95.7 Å². The standard InChI is InChI=1S/C13H16FNO/c1-13(2,3)7-8-16-12-6-4-5-11(14)10(12)9-15/h4-6H,7-8H2,1-3H3. The molecule has 0 N–H and O–H groups in total. The summed E-state index contributed by atoms with van der Waals surface area (Å²) in [7, 11) is 0. The molecular weight excluding hydrogens is 205 g/mol. The minimum atomic E-state index is -0.532. The van der Waals surface area contributed by atoms with Crippen molar-refractivity contribution < 1.29 is 9.13 Å². The van der Waals surface area contributed by atoms with E-state index in [9.17, 15) is 4.39 Å².